The highest BCUT2D eigenvalue weighted by Crippen LogP contribution is 2.49. The highest BCUT2D eigenvalue weighted by atomic mass is 16.5. The first-order chi connectivity index (χ1) is 12.2. The molecule has 1 aliphatic rings. The Kier molecular flexibility index (Phi) is 2.95. The van der Waals surface area contributed by atoms with Crippen LogP contribution in [0.15, 0.2) is 66.9 Å². The van der Waals surface area contributed by atoms with Gasteiger partial charge in [0.1, 0.15) is 11.4 Å². The van der Waals surface area contributed by atoms with Gasteiger partial charge in [-0.25, -0.2) is 0 Å². The Bertz CT molecular complexity index is 1120. The van der Waals surface area contributed by atoms with Crippen molar-refractivity contribution in [3.63, 3.8) is 0 Å². The molecular weight excluding hydrogens is 306 g/mol. The second-order valence-corrected chi connectivity index (χ2v) is 6.67. The van der Waals surface area contributed by atoms with E-state index < -0.39 is 0 Å². The van der Waals surface area contributed by atoms with Crippen LogP contribution >= 0.6 is 0 Å². The highest BCUT2D eigenvalue weighted by molar-refractivity contribution is 6.05. The van der Waals surface area contributed by atoms with E-state index in [2.05, 4.69) is 61.3 Å². The summed E-state index contributed by atoms with van der Waals surface area (Å²) in [5.74, 6) is 1.75. The van der Waals surface area contributed by atoms with Gasteiger partial charge in [-0.3, -0.25) is 4.98 Å². The third kappa shape index (κ3) is 2.14. The Morgan fingerprint density at radius 2 is 1.56 bits per heavy atom. The molecule has 0 amide bonds. The van der Waals surface area contributed by atoms with Crippen LogP contribution in [0.2, 0.25) is 0 Å². The second-order valence-electron chi connectivity index (χ2n) is 6.67. The quantitative estimate of drug-likeness (QED) is 0.361. The topological polar surface area (TPSA) is 22.1 Å². The molecule has 0 saturated carbocycles. The molecule has 0 fully saturated rings. The van der Waals surface area contributed by atoms with Gasteiger partial charge < -0.3 is 4.74 Å². The normalized spacial score (nSPS) is 11.9. The summed E-state index contributed by atoms with van der Waals surface area (Å²) in [6.45, 7) is 4.23. The minimum absolute atomic E-state index is 0.846. The molecule has 0 N–H and O–H groups in total. The summed E-state index contributed by atoms with van der Waals surface area (Å²) in [5, 5.41) is 2.38. The zero-order valence-corrected chi connectivity index (χ0v) is 14.2. The van der Waals surface area contributed by atoms with Crippen LogP contribution < -0.4 is 4.74 Å². The van der Waals surface area contributed by atoms with Crippen molar-refractivity contribution < 1.29 is 4.74 Å². The number of nitrogens with zero attached hydrogens (tertiary/aromatic N) is 1. The molecule has 0 bridgehead atoms. The summed E-state index contributed by atoms with van der Waals surface area (Å²) < 4.78 is 6.35. The minimum Gasteiger partial charge on any atom is -0.454 e. The number of pyridine rings is 1. The number of hydrogen-bond donors (Lipinski definition) is 0. The molecule has 120 valence electrons. The highest BCUT2D eigenvalue weighted by Gasteiger charge is 2.23. The number of hydrogen-bond acceptors (Lipinski definition) is 2. The SMILES string of the molecule is Cc1cc(C)cc(-c2nccc3c2Oc2cccc4cccc-3c24)c1. The van der Waals surface area contributed by atoms with Crippen LogP contribution in [0.5, 0.6) is 11.5 Å². The van der Waals surface area contributed by atoms with E-state index in [-0.39, 0.29) is 0 Å². The van der Waals surface area contributed by atoms with Crippen molar-refractivity contribution in [3.8, 4) is 33.9 Å². The molecule has 4 aromatic rings. The molecule has 2 nitrogen and oxygen atoms in total. The molecule has 0 unspecified atom stereocenters. The van der Waals surface area contributed by atoms with Gasteiger partial charge in [0.05, 0.1) is 0 Å². The van der Waals surface area contributed by atoms with Gasteiger partial charge in [-0.15, -0.1) is 0 Å². The lowest BCUT2D eigenvalue weighted by atomic mass is 9.93. The van der Waals surface area contributed by atoms with Crippen LogP contribution in [-0.2, 0) is 0 Å². The molecule has 25 heavy (non-hydrogen) atoms. The molecule has 5 rings (SSSR count). The van der Waals surface area contributed by atoms with Crippen LogP contribution in [-0.4, -0.2) is 4.98 Å². The fourth-order valence-electron chi connectivity index (χ4n) is 3.81. The number of aryl methyl sites for hydroxylation is 2. The maximum atomic E-state index is 6.35. The molecule has 0 atom stereocenters. The Hall–Kier alpha value is -3.13. The number of benzene rings is 3. The van der Waals surface area contributed by atoms with E-state index in [1.165, 1.54) is 27.5 Å². The van der Waals surface area contributed by atoms with Crippen LogP contribution in [0.3, 0.4) is 0 Å². The van der Waals surface area contributed by atoms with Crippen LogP contribution in [0, 0.1) is 13.8 Å². The molecule has 0 saturated heterocycles. The van der Waals surface area contributed by atoms with Crippen LogP contribution in [0.4, 0.5) is 0 Å². The molecule has 0 radical (unpaired) electrons. The first-order valence-corrected chi connectivity index (χ1v) is 8.48. The van der Waals surface area contributed by atoms with E-state index in [1.807, 2.05) is 24.4 Å². The molecular formula is C23H17NO. The Morgan fingerprint density at radius 1 is 0.800 bits per heavy atom. The molecule has 2 heterocycles. The fraction of sp³-hybridized carbons (Fsp3) is 0.0870. The summed E-state index contributed by atoms with van der Waals surface area (Å²) in [5.41, 5.74) is 6.77. The van der Waals surface area contributed by atoms with Gasteiger partial charge in [-0.2, -0.15) is 0 Å². The van der Waals surface area contributed by atoms with Gasteiger partial charge in [0, 0.05) is 22.7 Å². The van der Waals surface area contributed by atoms with Gasteiger partial charge in [0.15, 0.2) is 5.75 Å². The maximum Gasteiger partial charge on any atom is 0.161 e. The van der Waals surface area contributed by atoms with E-state index in [4.69, 9.17) is 4.74 Å². The van der Waals surface area contributed by atoms with E-state index in [0.717, 1.165) is 28.3 Å². The van der Waals surface area contributed by atoms with Gasteiger partial charge in [0.2, 0.25) is 0 Å². The van der Waals surface area contributed by atoms with Crippen molar-refractivity contribution in [1.82, 2.24) is 4.98 Å². The molecule has 3 aromatic carbocycles. The predicted octanol–water partition coefficient (Wildman–Crippen LogP) is 6.29. The third-order valence-corrected chi connectivity index (χ3v) is 4.77. The Labute approximate surface area is 146 Å². The summed E-state index contributed by atoms with van der Waals surface area (Å²) in [6, 6.07) is 21.2. The predicted molar refractivity (Wildman–Crippen MR) is 102 cm³/mol. The van der Waals surface area contributed by atoms with Crippen molar-refractivity contribution >= 4 is 10.8 Å². The van der Waals surface area contributed by atoms with Crippen molar-refractivity contribution in [2.24, 2.45) is 0 Å². The van der Waals surface area contributed by atoms with E-state index in [1.54, 1.807) is 0 Å². The largest absolute Gasteiger partial charge is 0.454 e. The molecule has 1 aliphatic heterocycles. The van der Waals surface area contributed by atoms with Gasteiger partial charge in [-0.05, 0) is 49.1 Å². The standard InChI is InChI=1S/C23H17NO/c1-14-11-15(2)13-17(12-14)22-23-19(9-10-24-22)18-7-3-5-16-6-4-8-20(25-23)21(16)18/h3-13H,1-2H3. The van der Waals surface area contributed by atoms with Crippen LogP contribution in [0.25, 0.3) is 33.2 Å². The fourth-order valence-corrected chi connectivity index (χ4v) is 3.81. The third-order valence-electron chi connectivity index (χ3n) is 4.77. The molecule has 1 aromatic heterocycles. The van der Waals surface area contributed by atoms with Gasteiger partial charge >= 0.3 is 0 Å². The minimum atomic E-state index is 0.846. The van der Waals surface area contributed by atoms with Crippen LogP contribution in [0.1, 0.15) is 11.1 Å². The number of aromatic nitrogens is 1. The summed E-state index contributed by atoms with van der Waals surface area (Å²) in [6.07, 6.45) is 1.88. The summed E-state index contributed by atoms with van der Waals surface area (Å²) in [7, 11) is 0. The zero-order chi connectivity index (χ0) is 17.0. The lowest BCUT2D eigenvalue weighted by molar-refractivity contribution is 0.487. The smallest absolute Gasteiger partial charge is 0.161 e. The monoisotopic (exact) mass is 323 g/mol. The zero-order valence-electron chi connectivity index (χ0n) is 14.2. The molecule has 2 heteroatoms. The average molecular weight is 323 g/mol. The lowest BCUT2D eigenvalue weighted by Gasteiger charge is -2.23. The summed E-state index contributed by atoms with van der Waals surface area (Å²) >= 11 is 0. The average Bonchev–Trinajstić information content (AvgIpc) is 2.61. The second kappa shape index (κ2) is 5.18. The first-order valence-electron chi connectivity index (χ1n) is 8.48. The number of rotatable bonds is 1. The van der Waals surface area contributed by atoms with Gasteiger partial charge in [-0.1, -0.05) is 47.5 Å². The van der Waals surface area contributed by atoms with Crippen molar-refractivity contribution in [2.45, 2.75) is 13.8 Å². The number of fused-ring (bicyclic) bond motifs is 2. The van der Waals surface area contributed by atoms with Crippen molar-refractivity contribution in [1.29, 1.82) is 0 Å². The van der Waals surface area contributed by atoms with E-state index in [0.29, 0.717) is 0 Å². The maximum absolute atomic E-state index is 6.35. The first kappa shape index (κ1) is 14.2. The lowest BCUT2D eigenvalue weighted by Crippen LogP contribution is -2.00. The van der Waals surface area contributed by atoms with E-state index in [9.17, 15) is 0 Å². The molecule has 0 aliphatic carbocycles. The van der Waals surface area contributed by atoms with Crippen molar-refractivity contribution in [2.75, 3.05) is 0 Å². The molecule has 0 spiro atoms. The Morgan fingerprint density at radius 3 is 2.36 bits per heavy atom. The van der Waals surface area contributed by atoms with Crippen molar-refractivity contribution in [3.05, 3.63) is 78.0 Å². The number of ether oxygens (including phenoxy) is 1. The Balaban J connectivity index is 1.83. The van der Waals surface area contributed by atoms with Gasteiger partial charge in [0.25, 0.3) is 0 Å². The van der Waals surface area contributed by atoms with E-state index >= 15 is 0 Å². The summed E-state index contributed by atoms with van der Waals surface area (Å²) in [4.78, 5) is 4.66.